The minimum absolute atomic E-state index is 0.237. The number of carbonyl (C=O) groups is 2. The number of hydrogen-bond acceptors (Lipinski definition) is 3. The lowest BCUT2D eigenvalue weighted by Gasteiger charge is -2.36. The topological polar surface area (TPSA) is 72.6 Å². The number of primary amides is 1. The van der Waals surface area contributed by atoms with Crippen molar-refractivity contribution in [1.29, 1.82) is 0 Å². The van der Waals surface area contributed by atoms with Crippen LogP contribution in [0.4, 0.5) is 5.69 Å². The summed E-state index contributed by atoms with van der Waals surface area (Å²) in [6, 6.07) is 6.52. The molecular formula is C13H16N2O3. The number of hydrogen-bond donors (Lipinski definition) is 1. The first-order valence-electron chi connectivity index (χ1n) is 5.94. The van der Waals surface area contributed by atoms with Crippen LogP contribution in [0.3, 0.4) is 0 Å². The monoisotopic (exact) mass is 248 g/mol. The van der Waals surface area contributed by atoms with Crippen LogP contribution in [0.1, 0.15) is 20.3 Å². The number of para-hydroxylation sites is 2. The SMILES string of the molecule is CCC(C(N)=O)N1C(=O)C(C)Oc2ccccc21. The number of ether oxygens (including phenoxy) is 1. The summed E-state index contributed by atoms with van der Waals surface area (Å²) in [5.41, 5.74) is 5.97. The summed E-state index contributed by atoms with van der Waals surface area (Å²) in [5, 5.41) is 0. The third kappa shape index (κ3) is 1.92. The lowest BCUT2D eigenvalue weighted by atomic mass is 10.1. The quantitative estimate of drug-likeness (QED) is 0.869. The summed E-state index contributed by atoms with van der Waals surface area (Å²) >= 11 is 0. The standard InChI is InChI=1S/C13H16N2O3/c1-3-9(12(14)16)15-10-6-4-5-7-11(10)18-8(2)13(15)17/h4-9H,3H2,1-2H3,(H2,14,16). The number of amides is 2. The fourth-order valence-electron chi connectivity index (χ4n) is 2.14. The maximum absolute atomic E-state index is 12.2. The van der Waals surface area contributed by atoms with Crippen molar-refractivity contribution in [3.8, 4) is 5.75 Å². The first-order valence-corrected chi connectivity index (χ1v) is 5.94. The first-order chi connectivity index (χ1) is 8.56. The Hall–Kier alpha value is -2.04. The number of anilines is 1. The Morgan fingerprint density at radius 1 is 1.50 bits per heavy atom. The minimum Gasteiger partial charge on any atom is -0.479 e. The second kappa shape index (κ2) is 4.68. The summed E-state index contributed by atoms with van der Waals surface area (Å²) in [5.74, 6) is -0.140. The molecule has 1 aliphatic heterocycles. The highest BCUT2D eigenvalue weighted by Crippen LogP contribution is 2.35. The van der Waals surface area contributed by atoms with Crippen molar-refractivity contribution in [2.75, 3.05) is 4.90 Å². The van der Waals surface area contributed by atoms with Gasteiger partial charge in [-0.05, 0) is 25.5 Å². The third-order valence-electron chi connectivity index (χ3n) is 3.04. The van der Waals surface area contributed by atoms with Crippen molar-refractivity contribution in [2.24, 2.45) is 5.73 Å². The van der Waals surface area contributed by atoms with E-state index in [-0.39, 0.29) is 5.91 Å². The number of nitrogens with zero attached hydrogens (tertiary/aromatic N) is 1. The predicted molar refractivity (Wildman–Crippen MR) is 67.3 cm³/mol. The van der Waals surface area contributed by atoms with Crippen LogP contribution in [0, 0.1) is 0 Å². The lowest BCUT2D eigenvalue weighted by molar-refractivity contribution is -0.129. The molecule has 0 spiro atoms. The minimum atomic E-state index is -0.634. The van der Waals surface area contributed by atoms with Crippen molar-refractivity contribution in [3.05, 3.63) is 24.3 Å². The second-order valence-corrected chi connectivity index (χ2v) is 4.26. The van der Waals surface area contributed by atoms with Crippen LogP contribution in [0.25, 0.3) is 0 Å². The van der Waals surface area contributed by atoms with Gasteiger partial charge in [0, 0.05) is 0 Å². The van der Waals surface area contributed by atoms with E-state index in [1.54, 1.807) is 25.1 Å². The molecule has 0 aliphatic carbocycles. The molecule has 1 aliphatic rings. The van der Waals surface area contributed by atoms with Gasteiger partial charge in [0.1, 0.15) is 11.8 Å². The molecule has 0 aromatic heterocycles. The average Bonchev–Trinajstić information content (AvgIpc) is 2.34. The molecule has 0 fully saturated rings. The van der Waals surface area contributed by atoms with Crippen LogP contribution < -0.4 is 15.4 Å². The first kappa shape index (κ1) is 12.4. The molecule has 5 nitrogen and oxygen atoms in total. The number of fused-ring (bicyclic) bond motifs is 1. The zero-order valence-electron chi connectivity index (χ0n) is 10.4. The molecule has 1 heterocycles. The van der Waals surface area contributed by atoms with E-state index in [2.05, 4.69) is 0 Å². The highest BCUT2D eigenvalue weighted by molar-refractivity contribution is 6.04. The van der Waals surface area contributed by atoms with Gasteiger partial charge < -0.3 is 10.5 Å². The van der Waals surface area contributed by atoms with Gasteiger partial charge in [0.15, 0.2) is 6.10 Å². The molecule has 0 saturated carbocycles. The van der Waals surface area contributed by atoms with Crippen LogP contribution in [-0.2, 0) is 9.59 Å². The van der Waals surface area contributed by atoms with Crippen LogP contribution >= 0.6 is 0 Å². The molecule has 2 unspecified atom stereocenters. The van der Waals surface area contributed by atoms with E-state index < -0.39 is 18.1 Å². The average molecular weight is 248 g/mol. The summed E-state index contributed by atoms with van der Waals surface area (Å²) in [7, 11) is 0. The van der Waals surface area contributed by atoms with E-state index >= 15 is 0 Å². The number of nitrogens with two attached hydrogens (primary N) is 1. The van der Waals surface area contributed by atoms with Crippen LogP contribution in [-0.4, -0.2) is 24.0 Å². The summed E-state index contributed by atoms with van der Waals surface area (Å²) in [6.45, 7) is 3.49. The molecule has 0 radical (unpaired) electrons. The Kier molecular flexibility index (Phi) is 3.23. The van der Waals surface area contributed by atoms with E-state index in [1.165, 1.54) is 4.90 Å². The van der Waals surface area contributed by atoms with E-state index in [4.69, 9.17) is 10.5 Å². The Labute approximate surface area is 106 Å². The van der Waals surface area contributed by atoms with Crippen molar-refractivity contribution >= 4 is 17.5 Å². The van der Waals surface area contributed by atoms with Gasteiger partial charge in [0.05, 0.1) is 5.69 Å². The van der Waals surface area contributed by atoms with Crippen LogP contribution in [0.2, 0.25) is 0 Å². The van der Waals surface area contributed by atoms with Gasteiger partial charge in [0.25, 0.3) is 5.91 Å². The van der Waals surface area contributed by atoms with Crippen molar-refractivity contribution in [2.45, 2.75) is 32.4 Å². The van der Waals surface area contributed by atoms with Gasteiger partial charge in [-0.25, -0.2) is 0 Å². The van der Waals surface area contributed by atoms with E-state index in [9.17, 15) is 9.59 Å². The molecule has 5 heteroatoms. The Balaban J connectivity index is 2.50. The maximum atomic E-state index is 12.2. The molecule has 2 atom stereocenters. The lowest BCUT2D eigenvalue weighted by Crippen LogP contribution is -2.54. The zero-order chi connectivity index (χ0) is 13.3. The summed E-state index contributed by atoms with van der Waals surface area (Å²) in [6.07, 6.45) is -0.129. The van der Waals surface area contributed by atoms with Gasteiger partial charge in [0.2, 0.25) is 5.91 Å². The highest BCUT2D eigenvalue weighted by atomic mass is 16.5. The molecule has 2 N–H and O–H groups in total. The van der Waals surface area contributed by atoms with E-state index in [1.807, 2.05) is 13.0 Å². The van der Waals surface area contributed by atoms with Gasteiger partial charge in [-0.3, -0.25) is 14.5 Å². The summed E-state index contributed by atoms with van der Waals surface area (Å²) in [4.78, 5) is 25.1. The van der Waals surface area contributed by atoms with Gasteiger partial charge in [-0.1, -0.05) is 19.1 Å². The van der Waals surface area contributed by atoms with E-state index in [0.29, 0.717) is 17.9 Å². The van der Waals surface area contributed by atoms with Crippen LogP contribution in [0.15, 0.2) is 24.3 Å². The van der Waals surface area contributed by atoms with Crippen molar-refractivity contribution in [3.63, 3.8) is 0 Å². The smallest absolute Gasteiger partial charge is 0.268 e. The molecule has 2 amide bonds. The number of carbonyl (C=O) groups excluding carboxylic acids is 2. The number of rotatable bonds is 3. The van der Waals surface area contributed by atoms with E-state index in [0.717, 1.165) is 0 Å². The van der Waals surface area contributed by atoms with Crippen LogP contribution in [0.5, 0.6) is 5.75 Å². The fraction of sp³-hybridized carbons (Fsp3) is 0.385. The van der Waals surface area contributed by atoms with Gasteiger partial charge in [-0.15, -0.1) is 0 Å². The molecule has 0 bridgehead atoms. The highest BCUT2D eigenvalue weighted by Gasteiger charge is 2.37. The second-order valence-electron chi connectivity index (χ2n) is 4.26. The Morgan fingerprint density at radius 2 is 2.17 bits per heavy atom. The predicted octanol–water partition coefficient (Wildman–Crippen LogP) is 1.06. The number of benzene rings is 1. The fourth-order valence-corrected chi connectivity index (χ4v) is 2.14. The maximum Gasteiger partial charge on any atom is 0.268 e. The normalized spacial score (nSPS) is 20.0. The van der Waals surface area contributed by atoms with Gasteiger partial charge in [-0.2, -0.15) is 0 Å². The molecule has 18 heavy (non-hydrogen) atoms. The van der Waals surface area contributed by atoms with Crippen molar-refractivity contribution < 1.29 is 14.3 Å². The molecular weight excluding hydrogens is 232 g/mol. The zero-order valence-corrected chi connectivity index (χ0v) is 10.4. The van der Waals surface area contributed by atoms with Gasteiger partial charge >= 0.3 is 0 Å². The Morgan fingerprint density at radius 3 is 2.78 bits per heavy atom. The third-order valence-corrected chi connectivity index (χ3v) is 3.04. The molecule has 96 valence electrons. The summed E-state index contributed by atoms with van der Waals surface area (Å²) < 4.78 is 5.51. The molecule has 0 saturated heterocycles. The molecule has 1 aromatic carbocycles. The molecule has 2 rings (SSSR count). The van der Waals surface area contributed by atoms with Crippen molar-refractivity contribution in [1.82, 2.24) is 0 Å². The molecule has 1 aromatic rings. The largest absolute Gasteiger partial charge is 0.479 e. The Bertz CT molecular complexity index is 487.